The number of nitrogens with zero attached hydrogens (tertiary/aromatic N) is 6. The van der Waals surface area contributed by atoms with E-state index >= 15 is 0 Å². The van der Waals surface area contributed by atoms with Crippen molar-refractivity contribution in [2.24, 2.45) is 0 Å². The molecule has 1 fully saturated rings. The number of aromatic nitrogens is 2. The number of phenols is 2. The number of benzene rings is 2. The molecular formula is C40H54N6O6. The summed E-state index contributed by atoms with van der Waals surface area (Å²) in [7, 11) is 0. The molecule has 2 amide bonds. The van der Waals surface area contributed by atoms with Crippen LogP contribution in [0.5, 0.6) is 11.5 Å². The minimum Gasteiger partial charge on any atom is -0.506 e. The lowest BCUT2D eigenvalue weighted by Crippen LogP contribution is -2.45. The first-order valence-electron chi connectivity index (χ1n) is 18.2. The molecule has 0 bridgehead atoms. The molecule has 1 aliphatic rings. The summed E-state index contributed by atoms with van der Waals surface area (Å²) in [4.78, 5) is 44.0. The predicted molar refractivity (Wildman–Crippen MR) is 202 cm³/mol. The van der Waals surface area contributed by atoms with Crippen molar-refractivity contribution in [1.29, 1.82) is 0 Å². The van der Waals surface area contributed by atoms with Crippen molar-refractivity contribution >= 4 is 34.0 Å². The Morgan fingerprint density at radius 1 is 0.596 bits per heavy atom. The Balaban J connectivity index is 1.43. The molecule has 52 heavy (non-hydrogen) atoms. The molecule has 2 aromatic carbocycles. The average Bonchev–Trinajstić information content (AvgIpc) is 3.07. The van der Waals surface area contributed by atoms with Gasteiger partial charge in [0.05, 0.1) is 0 Å². The molecule has 0 saturated carbocycles. The van der Waals surface area contributed by atoms with Crippen LogP contribution in [-0.4, -0.2) is 116 Å². The van der Waals surface area contributed by atoms with Crippen LogP contribution in [0.3, 0.4) is 0 Å². The molecule has 0 aliphatic carbocycles. The smallest absolute Gasteiger partial charge is 0.410 e. The molecule has 0 spiro atoms. The van der Waals surface area contributed by atoms with Gasteiger partial charge in [-0.2, -0.15) is 0 Å². The molecule has 0 atom stereocenters. The lowest BCUT2D eigenvalue weighted by Gasteiger charge is -2.33. The largest absolute Gasteiger partial charge is 0.506 e. The van der Waals surface area contributed by atoms with E-state index in [0.29, 0.717) is 69.8 Å². The van der Waals surface area contributed by atoms with E-state index in [-0.39, 0.29) is 23.7 Å². The zero-order valence-corrected chi connectivity index (χ0v) is 31.5. The van der Waals surface area contributed by atoms with Crippen molar-refractivity contribution in [3.05, 3.63) is 72.1 Å². The summed E-state index contributed by atoms with van der Waals surface area (Å²) < 4.78 is 11.6. The molecule has 2 aromatic heterocycles. The third-order valence-corrected chi connectivity index (χ3v) is 8.95. The lowest BCUT2D eigenvalue weighted by molar-refractivity contribution is 0.0176. The molecule has 280 valence electrons. The number of pyridine rings is 2. The zero-order valence-electron chi connectivity index (χ0n) is 31.5. The van der Waals surface area contributed by atoms with Crippen LogP contribution in [0, 0.1) is 0 Å². The average molecular weight is 715 g/mol. The van der Waals surface area contributed by atoms with Crippen molar-refractivity contribution in [3.63, 3.8) is 0 Å². The van der Waals surface area contributed by atoms with Crippen LogP contribution >= 0.6 is 0 Å². The van der Waals surface area contributed by atoms with Crippen LogP contribution < -0.4 is 0 Å². The number of fused-ring (bicyclic) bond motifs is 2. The van der Waals surface area contributed by atoms with E-state index in [1.807, 2.05) is 77.9 Å². The number of ether oxygens (including phenoxy) is 2. The fourth-order valence-corrected chi connectivity index (χ4v) is 6.47. The third kappa shape index (κ3) is 10.7. The highest BCUT2D eigenvalue weighted by Crippen LogP contribution is 2.28. The number of amides is 2. The Morgan fingerprint density at radius 3 is 1.40 bits per heavy atom. The van der Waals surface area contributed by atoms with Crippen molar-refractivity contribution in [1.82, 2.24) is 29.6 Å². The summed E-state index contributed by atoms with van der Waals surface area (Å²) in [5.41, 5.74) is 1.90. The monoisotopic (exact) mass is 714 g/mol. The highest BCUT2D eigenvalue weighted by atomic mass is 16.6. The Hall–Kier alpha value is -4.68. The number of aromatic hydroxyl groups is 2. The van der Waals surface area contributed by atoms with Gasteiger partial charge in [-0.25, -0.2) is 9.59 Å². The van der Waals surface area contributed by atoms with Gasteiger partial charge in [0.15, 0.2) is 0 Å². The second kappa shape index (κ2) is 16.8. The lowest BCUT2D eigenvalue weighted by atomic mass is 10.1. The van der Waals surface area contributed by atoms with Crippen LogP contribution in [0.25, 0.3) is 21.8 Å². The number of hydrogen-bond donors (Lipinski definition) is 2. The van der Waals surface area contributed by atoms with Gasteiger partial charge >= 0.3 is 12.2 Å². The van der Waals surface area contributed by atoms with Crippen molar-refractivity contribution in [2.75, 3.05) is 52.4 Å². The number of carbonyl (C=O) groups excluding carboxylic acids is 2. The first-order valence-corrected chi connectivity index (χ1v) is 18.2. The van der Waals surface area contributed by atoms with E-state index in [0.717, 1.165) is 41.4 Å². The fourth-order valence-electron chi connectivity index (χ4n) is 6.47. The van der Waals surface area contributed by atoms with Gasteiger partial charge in [0, 0.05) is 75.5 Å². The molecule has 3 heterocycles. The minimum atomic E-state index is -0.654. The Labute approximate surface area is 306 Å². The van der Waals surface area contributed by atoms with Gasteiger partial charge in [-0.3, -0.25) is 19.8 Å². The van der Waals surface area contributed by atoms with Crippen LogP contribution in [0.4, 0.5) is 9.59 Å². The maximum Gasteiger partial charge on any atom is 0.410 e. The molecule has 4 aromatic rings. The van der Waals surface area contributed by atoms with E-state index < -0.39 is 11.2 Å². The van der Waals surface area contributed by atoms with Gasteiger partial charge in [-0.1, -0.05) is 24.3 Å². The Morgan fingerprint density at radius 2 is 1.00 bits per heavy atom. The van der Waals surface area contributed by atoms with Gasteiger partial charge in [-0.05, 0) is 103 Å². The topological polar surface area (TPSA) is 132 Å². The van der Waals surface area contributed by atoms with Crippen LogP contribution in [-0.2, 0) is 22.6 Å². The highest BCUT2D eigenvalue weighted by molar-refractivity contribution is 5.87. The first kappa shape index (κ1) is 38.5. The summed E-state index contributed by atoms with van der Waals surface area (Å²) in [5, 5.41) is 22.8. The number of rotatable bonds is 4. The summed E-state index contributed by atoms with van der Waals surface area (Å²) in [6, 6.07) is 15.0. The van der Waals surface area contributed by atoms with Gasteiger partial charge in [0.1, 0.15) is 33.7 Å². The number of carbonyl (C=O) groups is 2. The minimum absolute atomic E-state index is 0.143. The molecule has 0 unspecified atom stereocenters. The second-order valence-electron chi connectivity index (χ2n) is 15.5. The number of phenolic OH excluding ortho intramolecular Hbond substituents is 2. The molecule has 2 N–H and O–H groups in total. The maximum absolute atomic E-state index is 13.5. The molecule has 5 rings (SSSR count). The number of hydrogen-bond acceptors (Lipinski definition) is 10. The standard InChI is InChI=1S/C40H54N6O6/c1-39(2,3)51-37(49)45-21-10-22-46(38(50)52-40(4,5)6)26-24-44(28-30-14-16-34(48)36-32(30)12-8-18-42-36)20-9-19-43(23-25-45)27-29-13-15-33(47)35-31(29)11-7-17-41-35/h7-8,11-18,47-48H,9-10,19-28H2,1-6H3. The fraction of sp³-hybridized carbons (Fsp3) is 0.500. The Bertz CT molecular complexity index is 1710. The van der Waals surface area contributed by atoms with Gasteiger partial charge in [0.2, 0.25) is 0 Å². The van der Waals surface area contributed by atoms with Crippen LogP contribution in [0.1, 0.15) is 65.5 Å². The molecule has 0 radical (unpaired) electrons. The van der Waals surface area contributed by atoms with Gasteiger partial charge < -0.3 is 29.5 Å². The van der Waals surface area contributed by atoms with Crippen LogP contribution in [0.2, 0.25) is 0 Å². The quantitative estimate of drug-likeness (QED) is 0.234. The van der Waals surface area contributed by atoms with Crippen LogP contribution in [0.15, 0.2) is 60.9 Å². The molecule has 1 saturated heterocycles. The first-order chi connectivity index (χ1) is 24.7. The molecule has 12 heteroatoms. The van der Waals surface area contributed by atoms with Crippen molar-refractivity contribution in [2.45, 2.75) is 78.7 Å². The van der Waals surface area contributed by atoms with Crippen molar-refractivity contribution < 1.29 is 29.3 Å². The Kier molecular flexibility index (Phi) is 12.4. The second-order valence-corrected chi connectivity index (χ2v) is 15.5. The zero-order chi connectivity index (χ0) is 37.5. The SMILES string of the molecule is CC(C)(C)OC(=O)N1CCCN(C(=O)OC(C)(C)C)CCN(Cc2ccc(O)c3ncccc23)CCCN(Cc2ccc(O)c3ncccc23)CC1. The highest BCUT2D eigenvalue weighted by Gasteiger charge is 2.26. The third-order valence-electron chi connectivity index (χ3n) is 8.95. The van der Waals surface area contributed by atoms with E-state index in [1.165, 1.54) is 0 Å². The molecule has 1 aliphatic heterocycles. The summed E-state index contributed by atoms with van der Waals surface area (Å²) >= 11 is 0. The van der Waals surface area contributed by atoms with Gasteiger partial charge in [-0.15, -0.1) is 0 Å². The van der Waals surface area contributed by atoms with Crippen molar-refractivity contribution in [3.8, 4) is 11.5 Å². The predicted octanol–water partition coefficient (Wildman–Crippen LogP) is 6.77. The maximum atomic E-state index is 13.5. The summed E-state index contributed by atoms with van der Waals surface area (Å²) in [6.45, 7) is 16.7. The van der Waals surface area contributed by atoms with Gasteiger partial charge in [0.25, 0.3) is 0 Å². The summed E-state index contributed by atoms with van der Waals surface area (Å²) in [5.74, 6) is 0.286. The summed E-state index contributed by atoms with van der Waals surface area (Å²) in [6.07, 6.45) is 3.94. The van der Waals surface area contributed by atoms with E-state index in [9.17, 15) is 19.8 Å². The molecule has 12 nitrogen and oxygen atoms in total. The normalized spacial score (nSPS) is 16.5. The molecular weight excluding hydrogens is 660 g/mol. The van der Waals surface area contributed by atoms with E-state index in [4.69, 9.17) is 9.47 Å². The van der Waals surface area contributed by atoms with E-state index in [1.54, 1.807) is 34.3 Å². The van der Waals surface area contributed by atoms with E-state index in [2.05, 4.69) is 19.8 Å².